The van der Waals surface area contributed by atoms with Crippen LogP contribution in [0.15, 0.2) is 78.9 Å². The first-order valence-electron chi connectivity index (χ1n) is 14.4. The Kier molecular flexibility index (Phi) is 7.49. The van der Waals surface area contributed by atoms with Crippen molar-refractivity contribution in [3.05, 3.63) is 95.6 Å². The number of carboxylic acids is 1. The van der Waals surface area contributed by atoms with Gasteiger partial charge in [-0.3, -0.25) is 9.69 Å². The van der Waals surface area contributed by atoms with Crippen molar-refractivity contribution in [3.63, 3.8) is 0 Å². The van der Waals surface area contributed by atoms with E-state index in [0.29, 0.717) is 32.4 Å². The van der Waals surface area contributed by atoms with Crippen LogP contribution in [0.3, 0.4) is 0 Å². The normalized spacial score (nSPS) is 23.5. The Morgan fingerprint density at radius 1 is 0.902 bits per heavy atom. The SMILES string of the molecule is O=C(N[C@H]1CCC[C@H]1C(=O)NC1(C(=O)O)CCN(Cc2ccccc2)C1)OCC1c2ccccc2-c2ccccc21. The molecule has 8 heteroatoms. The molecule has 3 aromatic carbocycles. The molecule has 0 spiro atoms. The van der Waals surface area contributed by atoms with Crippen molar-refractivity contribution in [1.82, 2.24) is 15.5 Å². The van der Waals surface area contributed by atoms with Gasteiger partial charge in [-0.2, -0.15) is 0 Å². The van der Waals surface area contributed by atoms with Crippen molar-refractivity contribution in [2.75, 3.05) is 19.7 Å². The average molecular weight is 554 g/mol. The highest BCUT2D eigenvalue weighted by atomic mass is 16.5. The van der Waals surface area contributed by atoms with E-state index in [0.717, 1.165) is 34.2 Å². The minimum absolute atomic E-state index is 0.0487. The van der Waals surface area contributed by atoms with Gasteiger partial charge in [0.2, 0.25) is 5.91 Å². The molecule has 2 fully saturated rings. The molecule has 1 heterocycles. The van der Waals surface area contributed by atoms with Gasteiger partial charge in [-0.1, -0.05) is 85.3 Å². The summed E-state index contributed by atoms with van der Waals surface area (Å²) < 4.78 is 5.71. The first kappa shape index (κ1) is 27.0. The zero-order valence-corrected chi connectivity index (χ0v) is 22.9. The maximum atomic E-state index is 13.4. The minimum atomic E-state index is -1.34. The van der Waals surface area contributed by atoms with Crippen molar-refractivity contribution in [2.24, 2.45) is 5.92 Å². The molecule has 3 aromatic rings. The summed E-state index contributed by atoms with van der Waals surface area (Å²) >= 11 is 0. The molecule has 2 aliphatic carbocycles. The predicted octanol–water partition coefficient (Wildman–Crippen LogP) is 4.54. The maximum absolute atomic E-state index is 13.4. The molecule has 1 saturated heterocycles. The monoisotopic (exact) mass is 553 g/mol. The quantitative estimate of drug-likeness (QED) is 0.378. The molecule has 41 heavy (non-hydrogen) atoms. The van der Waals surface area contributed by atoms with Crippen LogP contribution in [0, 0.1) is 5.92 Å². The molecule has 212 valence electrons. The second-order valence-corrected chi connectivity index (χ2v) is 11.4. The lowest BCUT2D eigenvalue weighted by Crippen LogP contribution is -2.59. The number of carbonyl (C=O) groups is 3. The van der Waals surface area contributed by atoms with E-state index in [1.807, 2.05) is 54.6 Å². The van der Waals surface area contributed by atoms with Gasteiger partial charge in [0.1, 0.15) is 6.61 Å². The Hall–Kier alpha value is -4.17. The summed E-state index contributed by atoms with van der Waals surface area (Å²) in [5.74, 6) is -1.90. The van der Waals surface area contributed by atoms with Crippen LogP contribution in [0.2, 0.25) is 0 Å². The number of alkyl carbamates (subject to hydrolysis) is 1. The third-order valence-electron chi connectivity index (χ3n) is 8.87. The number of ether oxygens (including phenoxy) is 1. The van der Waals surface area contributed by atoms with Gasteiger partial charge in [-0.15, -0.1) is 0 Å². The first-order chi connectivity index (χ1) is 19.9. The molecule has 0 radical (unpaired) electrons. The maximum Gasteiger partial charge on any atom is 0.407 e. The van der Waals surface area contributed by atoms with Crippen molar-refractivity contribution >= 4 is 18.0 Å². The van der Waals surface area contributed by atoms with Gasteiger partial charge >= 0.3 is 12.1 Å². The highest BCUT2D eigenvalue weighted by Crippen LogP contribution is 2.44. The van der Waals surface area contributed by atoms with Crippen molar-refractivity contribution in [2.45, 2.75) is 49.7 Å². The number of nitrogens with zero attached hydrogens (tertiary/aromatic N) is 1. The van der Waals surface area contributed by atoms with Crippen molar-refractivity contribution in [1.29, 1.82) is 0 Å². The molecular formula is C33H35N3O5. The van der Waals surface area contributed by atoms with Gasteiger partial charge < -0.3 is 20.5 Å². The van der Waals surface area contributed by atoms with Crippen LogP contribution >= 0.6 is 0 Å². The fraction of sp³-hybridized carbons (Fsp3) is 0.364. The molecule has 6 rings (SSSR count). The fourth-order valence-electron chi connectivity index (χ4n) is 6.76. The van der Waals surface area contributed by atoms with Crippen LogP contribution < -0.4 is 10.6 Å². The number of rotatable bonds is 8. The molecule has 3 N–H and O–H groups in total. The fourth-order valence-corrected chi connectivity index (χ4v) is 6.76. The van der Waals surface area contributed by atoms with Crippen LogP contribution in [-0.4, -0.2) is 59.3 Å². The van der Waals surface area contributed by atoms with E-state index in [9.17, 15) is 19.5 Å². The lowest BCUT2D eigenvalue weighted by Gasteiger charge is -2.29. The van der Waals surface area contributed by atoms with Crippen LogP contribution in [0.25, 0.3) is 11.1 Å². The van der Waals surface area contributed by atoms with E-state index in [1.165, 1.54) is 0 Å². The van der Waals surface area contributed by atoms with Gasteiger partial charge in [-0.25, -0.2) is 9.59 Å². The van der Waals surface area contributed by atoms with Crippen LogP contribution in [0.1, 0.15) is 48.3 Å². The van der Waals surface area contributed by atoms with E-state index in [4.69, 9.17) is 4.74 Å². The lowest BCUT2D eigenvalue weighted by atomic mass is 9.95. The highest BCUT2D eigenvalue weighted by Gasteiger charge is 2.48. The molecule has 0 bridgehead atoms. The molecule has 3 atom stereocenters. The van der Waals surface area contributed by atoms with Gasteiger partial charge in [0.15, 0.2) is 5.54 Å². The molecule has 1 unspecified atom stereocenters. The van der Waals surface area contributed by atoms with Crippen LogP contribution in [0.5, 0.6) is 0 Å². The number of hydrogen-bond acceptors (Lipinski definition) is 5. The average Bonchev–Trinajstić information content (AvgIpc) is 3.69. The van der Waals surface area contributed by atoms with Crippen LogP contribution in [0.4, 0.5) is 4.79 Å². The molecular weight excluding hydrogens is 518 g/mol. The smallest absolute Gasteiger partial charge is 0.407 e. The number of carbonyl (C=O) groups excluding carboxylic acids is 2. The van der Waals surface area contributed by atoms with Crippen molar-refractivity contribution < 1.29 is 24.2 Å². The molecule has 0 aromatic heterocycles. The summed E-state index contributed by atoms with van der Waals surface area (Å²) in [4.78, 5) is 40.8. The summed E-state index contributed by atoms with van der Waals surface area (Å²) in [6, 6.07) is 25.8. The zero-order valence-electron chi connectivity index (χ0n) is 22.9. The van der Waals surface area contributed by atoms with E-state index in [-0.39, 0.29) is 25.0 Å². The lowest BCUT2D eigenvalue weighted by molar-refractivity contribution is -0.147. The molecule has 1 saturated carbocycles. The van der Waals surface area contributed by atoms with Gasteiger partial charge in [0.05, 0.1) is 5.92 Å². The Bertz CT molecular complexity index is 1400. The largest absolute Gasteiger partial charge is 0.479 e. The number of benzene rings is 3. The third-order valence-corrected chi connectivity index (χ3v) is 8.87. The summed E-state index contributed by atoms with van der Waals surface area (Å²) in [6.07, 6.45) is 1.77. The number of hydrogen-bond donors (Lipinski definition) is 3. The Balaban J connectivity index is 1.06. The number of nitrogens with one attached hydrogen (secondary N) is 2. The molecule has 8 nitrogen and oxygen atoms in total. The summed E-state index contributed by atoms with van der Waals surface area (Å²) in [7, 11) is 0. The van der Waals surface area contributed by atoms with Crippen molar-refractivity contribution in [3.8, 4) is 11.1 Å². The van der Waals surface area contributed by atoms with Crippen LogP contribution in [-0.2, 0) is 20.9 Å². The number of fused-ring (bicyclic) bond motifs is 3. The van der Waals surface area contributed by atoms with E-state index in [2.05, 4.69) is 39.8 Å². The number of carboxylic acid groups (broad SMARTS) is 1. The van der Waals surface area contributed by atoms with E-state index in [1.54, 1.807) is 0 Å². The Morgan fingerprint density at radius 3 is 2.24 bits per heavy atom. The standard InChI is InChI=1S/C33H35N3O5/c37-30(35-33(31(38)39)17-18-36(21-33)19-22-9-2-1-3-10-22)27-15-8-16-29(27)34-32(40)41-20-28-25-13-6-4-11-23(25)24-12-5-7-14-26(24)28/h1-7,9-14,27-29H,8,15-21H2,(H,34,40)(H,35,37)(H,38,39)/t27-,29+,33?/m1/s1. The third kappa shape index (κ3) is 5.44. The number of likely N-dealkylation sites (tertiary alicyclic amines) is 1. The van der Waals surface area contributed by atoms with E-state index >= 15 is 0 Å². The molecule has 2 amide bonds. The van der Waals surface area contributed by atoms with Gasteiger partial charge in [0, 0.05) is 31.6 Å². The molecule has 3 aliphatic rings. The zero-order chi connectivity index (χ0) is 28.4. The summed E-state index contributed by atoms with van der Waals surface area (Å²) in [5, 5.41) is 15.9. The topological polar surface area (TPSA) is 108 Å². The van der Waals surface area contributed by atoms with Gasteiger partial charge in [0.25, 0.3) is 0 Å². The summed E-state index contributed by atoms with van der Waals surface area (Å²) in [6.45, 7) is 1.64. The first-order valence-corrected chi connectivity index (χ1v) is 14.4. The second-order valence-electron chi connectivity index (χ2n) is 11.4. The summed E-state index contributed by atoms with van der Waals surface area (Å²) in [5.41, 5.74) is 4.34. The second kappa shape index (κ2) is 11.4. The molecule has 1 aliphatic heterocycles. The van der Waals surface area contributed by atoms with E-state index < -0.39 is 29.6 Å². The number of amides is 2. The Morgan fingerprint density at radius 2 is 1.56 bits per heavy atom. The minimum Gasteiger partial charge on any atom is -0.479 e. The Labute approximate surface area is 239 Å². The number of aliphatic carboxylic acids is 1. The highest BCUT2D eigenvalue weighted by molar-refractivity contribution is 5.89. The van der Waals surface area contributed by atoms with Gasteiger partial charge in [-0.05, 0) is 47.1 Å². The predicted molar refractivity (Wildman–Crippen MR) is 154 cm³/mol.